The minimum absolute atomic E-state index is 0.0127. The molecule has 1 aliphatic rings. The molecule has 0 bridgehead atoms. The molecule has 1 aromatic rings. The van der Waals surface area contributed by atoms with Gasteiger partial charge in [-0.15, -0.1) is 0 Å². The highest BCUT2D eigenvalue weighted by Gasteiger charge is 2.34. The predicted molar refractivity (Wildman–Crippen MR) is 92.0 cm³/mol. The summed E-state index contributed by atoms with van der Waals surface area (Å²) in [7, 11) is 0. The Hall–Kier alpha value is -1.53. The molecule has 5 nitrogen and oxygen atoms in total. The highest BCUT2D eigenvalue weighted by atomic mass is 32.2. The topological polar surface area (TPSA) is 69.6 Å². The largest absolute Gasteiger partial charge is 0.394 e. The SMILES string of the molecule is CSCC[C@H](CO)NC(=O)[C@@H]1CC(=O)N(Cc2ccccc2)C1. The third kappa shape index (κ3) is 5.25. The number of nitrogens with one attached hydrogen (secondary N) is 1. The molecule has 0 saturated carbocycles. The molecule has 0 radical (unpaired) electrons. The first-order valence-electron chi connectivity index (χ1n) is 7.86. The molecule has 2 N–H and O–H groups in total. The Morgan fingerprint density at radius 2 is 2.17 bits per heavy atom. The summed E-state index contributed by atoms with van der Waals surface area (Å²) in [4.78, 5) is 26.2. The van der Waals surface area contributed by atoms with Crippen LogP contribution in [0.2, 0.25) is 0 Å². The molecule has 2 amide bonds. The second-order valence-corrected chi connectivity index (χ2v) is 6.82. The predicted octanol–water partition coefficient (Wildman–Crippen LogP) is 1.27. The average molecular weight is 336 g/mol. The van der Waals surface area contributed by atoms with Crippen molar-refractivity contribution in [1.29, 1.82) is 0 Å². The van der Waals surface area contributed by atoms with E-state index in [1.54, 1.807) is 16.7 Å². The van der Waals surface area contributed by atoms with Crippen LogP contribution >= 0.6 is 11.8 Å². The number of aliphatic hydroxyl groups is 1. The molecule has 0 unspecified atom stereocenters. The summed E-state index contributed by atoms with van der Waals surface area (Å²) in [6.45, 7) is 0.917. The first kappa shape index (κ1) is 17.8. The number of hydrogen-bond acceptors (Lipinski definition) is 4. The van der Waals surface area contributed by atoms with Gasteiger partial charge in [0.1, 0.15) is 0 Å². The van der Waals surface area contributed by atoms with E-state index in [2.05, 4.69) is 5.32 Å². The summed E-state index contributed by atoms with van der Waals surface area (Å²) in [5.41, 5.74) is 1.06. The Bertz CT molecular complexity index is 524. The van der Waals surface area contributed by atoms with Gasteiger partial charge >= 0.3 is 0 Å². The second-order valence-electron chi connectivity index (χ2n) is 5.83. The van der Waals surface area contributed by atoms with Gasteiger partial charge in [0.15, 0.2) is 0 Å². The van der Waals surface area contributed by atoms with Gasteiger partial charge in [-0.2, -0.15) is 11.8 Å². The lowest BCUT2D eigenvalue weighted by atomic mass is 10.1. The Balaban J connectivity index is 1.87. The van der Waals surface area contributed by atoms with Gasteiger partial charge < -0.3 is 15.3 Å². The smallest absolute Gasteiger partial charge is 0.225 e. The van der Waals surface area contributed by atoms with Crippen LogP contribution in [0, 0.1) is 5.92 Å². The lowest BCUT2D eigenvalue weighted by Gasteiger charge is -2.19. The van der Waals surface area contributed by atoms with E-state index in [1.165, 1.54) is 0 Å². The fourth-order valence-corrected chi connectivity index (χ4v) is 3.21. The van der Waals surface area contributed by atoms with E-state index in [0.717, 1.165) is 17.7 Å². The van der Waals surface area contributed by atoms with Crippen LogP contribution in [0.4, 0.5) is 0 Å². The maximum Gasteiger partial charge on any atom is 0.225 e. The van der Waals surface area contributed by atoms with E-state index in [1.807, 2.05) is 36.6 Å². The highest BCUT2D eigenvalue weighted by molar-refractivity contribution is 7.98. The number of benzene rings is 1. The lowest BCUT2D eigenvalue weighted by Crippen LogP contribution is -2.42. The van der Waals surface area contributed by atoms with Crippen LogP contribution in [0.15, 0.2) is 30.3 Å². The van der Waals surface area contributed by atoms with Crippen molar-refractivity contribution in [2.75, 3.05) is 25.2 Å². The number of carbonyl (C=O) groups is 2. The lowest BCUT2D eigenvalue weighted by molar-refractivity contribution is -0.129. The van der Waals surface area contributed by atoms with Gasteiger partial charge in [0, 0.05) is 19.5 Å². The number of thioether (sulfide) groups is 1. The summed E-state index contributed by atoms with van der Waals surface area (Å²) in [5.74, 6) is 0.442. The van der Waals surface area contributed by atoms with E-state index in [9.17, 15) is 14.7 Å². The fraction of sp³-hybridized carbons (Fsp3) is 0.529. The molecule has 1 aliphatic heterocycles. The van der Waals surface area contributed by atoms with Crippen LogP contribution in [-0.2, 0) is 16.1 Å². The van der Waals surface area contributed by atoms with Gasteiger partial charge in [-0.25, -0.2) is 0 Å². The Morgan fingerprint density at radius 1 is 1.43 bits per heavy atom. The molecule has 1 fully saturated rings. The van der Waals surface area contributed by atoms with Crippen LogP contribution < -0.4 is 5.32 Å². The van der Waals surface area contributed by atoms with Crippen molar-refractivity contribution in [3.05, 3.63) is 35.9 Å². The molecule has 0 aliphatic carbocycles. The Labute approximate surface area is 141 Å². The molecule has 1 heterocycles. The molecule has 0 spiro atoms. The standard InChI is InChI=1S/C17H24N2O3S/c1-23-8-7-15(12-20)18-17(22)14-9-16(21)19(11-14)10-13-5-3-2-4-6-13/h2-6,14-15,20H,7-12H2,1H3,(H,18,22)/t14-,15-/m1/s1. The maximum absolute atomic E-state index is 12.3. The van der Waals surface area contributed by atoms with Crippen molar-refractivity contribution in [1.82, 2.24) is 10.2 Å². The van der Waals surface area contributed by atoms with E-state index >= 15 is 0 Å². The normalized spacial score (nSPS) is 19.0. The van der Waals surface area contributed by atoms with Crippen molar-refractivity contribution < 1.29 is 14.7 Å². The zero-order valence-corrected chi connectivity index (χ0v) is 14.2. The zero-order chi connectivity index (χ0) is 16.7. The van der Waals surface area contributed by atoms with Crippen molar-refractivity contribution in [3.8, 4) is 0 Å². The fourth-order valence-electron chi connectivity index (χ4n) is 2.69. The average Bonchev–Trinajstić information content (AvgIpc) is 2.93. The summed E-state index contributed by atoms with van der Waals surface area (Å²) in [5, 5.41) is 12.2. The van der Waals surface area contributed by atoms with Gasteiger partial charge in [0.2, 0.25) is 11.8 Å². The third-order valence-electron chi connectivity index (χ3n) is 4.04. The summed E-state index contributed by atoms with van der Waals surface area (Å²) in [6.07, 6.45) is 2.98. The van der Waals surface area contributed by atoms with Crippen LogP contribution in [0.25, 0.3) is 0 Å². The van der Waals surface area contributed by atoms with E-state index < -0.39 is 0 Å². The molecule has 1 saturated heterocycles. The summed E-state index contributed by atoms with van der Waals surface area (Å²) < 4.78 is 0. The Morgan fingerprint density at radius 3 is 2.83 bits per heavy atom. The first-order chi connectivity index (χ1) is 11.1. The van der Waals surface area contributed by atoms with E-state index in [4.69, 9.17) is 0 Å². The van der Waals surface area contributed by atoms with Gasteiger partial charge in [0.25, 0.3) is 0 Å². The molecule has 23 heavy (non-hydrogen) atoms. The van der Waals surface area contributed by atoms with E-state index in [0.29, 0.717) is 13.1 Å². The first-order valence-corrected chi connectivity index (χ1v) is 9.25. The molecule has 6 heteroatoms. The van der Waals surface area contributed by atoms with Gasteiger partial charge in [-0.3, -0.25) is 9.59 Å². The molecular weight excluding hydrogens is 312 g/mol. The van der Waals surface area contributed by atoms with Crippen molar-refractivity contribution in [3.63, 3.8) is 0 Å². The quantitative estimate of drug-likeness (QED) is 0.750. The van der Waals surface area contributed by atoms with Crippen molar-refractivity contribution >= 4 is 23.6 Å². The number of carbonyl (C=O) groups excluding carboxylic acids is 2. The second kappa shape index (κ2) is 8.93. The number of amides is 2. The number of rotatable bonds is 8. The summed E-state index contributed by atoms with van der Waals surface area (Å²) >= 11 is 1.68. The zero-order valence-electron chi connectivity index (χ0n) is 13.4. The molecule has 2 rings (SSSR count). The monoisotopic (exact) mass is 336 g/mol. The van der Waals surface area contributed by atoms with Crippen LogP contribution in [0.5, 0.6) is 0 Å². The number of nitrogens with zero attached hydrogens (tertiary/aromatic N) is 1. The molecular formula is C17H24N2O3S. The van der Waals surface area contributed by atoms with E-state index in [-0.39, 0.29) is 36.8 Å². The van der Waals surface area contributed by atoms with Crippen LogP contribution in [-0.4, -0.2) is 53.0 Å². The number of likely N-dealkylation sites (tertiary alicyclic amines) is 1. The summed E-state index contributed by atoms with van der Waals surface area (Å²) in [6, 6.07) is 9.55. The Kier molecular flexibility index (Phi) is 6.92. The van der Waals surface area contributed by atoms with Crippen LogP contribution in [0.3, 0.4) is 0 Å². The molecule has 0 aromatic heterocycles. The molecule has 2 atom stereocenters. The molecule has 126 valence electrons. The van der Waals surface area contributed by atoms with Gasteiger partial charge in [-0.05, 0) is 24.0 Å². The number of aliphatic hydroxyl groups excluding tert-OH is 1. The highest BCUT2D eigenvalue weighted by Crippen LogP contribution is 2.20. The number of hydrogen-bond donors (Lipinski definition) is 2. The minimum Gasteiger partial charge on any atom is -0.394 e. The molecule has 1 aromatic carbocycles. The third-order valence-corrected chi connectivity index (χ3v) is 4.68. The maximum atomic E-state index is 12.3. The van der Waals surface area contributed by atoms with Crippen LogP contribution in [0.1, 0.15) is 18.4 Å². The van der Waals surface area contributed by atoms with Crippen molar-refractivity contribution in [2.24, 2.45) is 5.92 Å². The van der Waals surface area contributed by atoms with Gasteiger partial charge in [0.05, 0.1) is 18.6 Å². The van der Waals surface area contributed by atoms with Gasteiger partial charge in [-0.1, -0.05) is 30.3 Å². The van der Waals surface area contributed by atoms with Crippen molar-refractivity contribution in [2.45, 2.75) is 25.4 Å². The minimum atomic E-state index is -0.324.